The third kappa shape index (κ3) is 5.87. The van der Waals surface area contributed by atoms with Gasteiger partial charge in [-0.15, -0.1) is 0 Å². The van der Waals surface area contributed by atoms with Gasteiger partial charge < -0.3 is 49.6 Å². The largest absolute Gasteiger partial charge is 0.396 e. The minimum Gasteiger partial charge on any atom is -0.396 e. The lowest BCUT2D eigenvalue weighted by Gasteiger charge is -2.64. The quantitative estimate of drug-likeness (QED) is 0.196. The Hall–Kier alpha value is -0.660. The molecule has 6 unspecified atom stereocenters. The Balaban J connectivity index is 1.36. The van der Waals surface area contributed by atoms with Crippen LogP contribution in [0, 0.1) is 46.3 Å². The van der Waals surface area contributed by atoms with E-state index in [1.165, 1.54) is 14.2 Å². The van der Waals surface area contributed by atoms with E-state index in [0.29, 0.717) is 18.8 Å². The zero-order valence-corrected chi connectivity index (χ0v) is 28.3. The smallest absolute Gasteiger partial charge is 0.187 e. The molecule has 0 bridgehead atoms. The van der Waals surface area contributed by atoms with Gasteiger partial charge >= 0.3 is 0 Å². The number of aliphatic hydroxyl groups excluding tert-OH is 5. The van der Waals surface area contributed by atoms with E-state index >= 15 is 0 Å². The maximum absolute atomic E-state index is 12.7. The van der Waals surface area contributed by atoms with E-state index in [-0.39, 0.29) is 49.4 Å². The molecular formula is C35H60O10. The van der Waals surface area contributed by atoms with Crippen LogP contribution in [0.3, 0.4) is 0 Å². The third-order valence-corrected chi connectivity index (χ3v) is 13.5. The van der Waals surface area contributed by atoms with Crippen molar-refractivity contribution >= 4 is 0 Å². The maximum atomic E-state index is 12.7. The summed E-state index contributed by atoms with van der Waals surface area (Å²) in [7, 11) is 3.06. The van der Waals surface area contributed by atoms with E-state index in [0.717, 1.165) is 31.3 Å². The summed E-state index contributed by atoms with van der Waals surface area (Å²) in [4.78, 5) is 0. The average molecular weight is 641 g/mol. The number of fused-ring (bicyclic) bond motifs is 5. The summed E-state index contributed by atoms with van der Waals surface area (Å²) in [6.07, 6.45) is 0.645. The lowest BCUT2D eigenvalue weighted by Crippen LogP contribution is -2.66. The number of rotatable bonds is 10. The van der Waals surface area contributed by atoms with E-state index in [1.54, 1.807) is 0 Å². The molecule has 5 rings (SSSR count). The summed E-state index contributed by atoms with van der Waals surface area (Å²) in [5, 5.41) is 67.5. The summed E-state index contributed by atoms with van der Waals surface area (Å²) in [5.74, 6) is -0.246. The summed E-state index contributed by atoms with van der Waals surface area (Å²) >= 11 is 0. The van der Waals surface area contributed by atoms with Crippen molar-refractivity contribution in [3.05, 3.63) is 11.6 Å². The fourth-order valence-corrected chi connectivity index (χ4v) is 10.8. The monoisotopic (exact) mass is 640 g/mol. The van der Waals surface area contributed by atoms with Gasteiger partial charge in [0, 0.05) is 33.2 Å². The van der Waals surface area contributed by atoms with Crippen LogP contribution in [0.4, 0.5) is 0 Å². The van der Waals surface area contributed by atoms with Gasteiger partial charge in [0.1, 0.15) is 18.3 Å². The van der Waals surface area contributed by atoms with Crippen molar-refractivity contribution in [1.29, 1.82) is 0 Å². The van der Waals surface area contributed by atoms with Crippen LogP contribution in [0.15, 0.2) is 11.6 Å². The number of aliphatic hydroxyl groups is 6. The van der Waals surface area contributed by atoms with Gasteiger partial charge in [0.05, 0.1) is 36.6 Å². The highest BCUT2D eigenvalue weighted by molar-refractivity contribution is 5.33. The van der Waals surface area contributed by atoms with Crippen LogP contribution in [0.2, 0.25) is 0 Å². The molecule has 0 aromatic heterocycles. The second-order valence-corrected chi connectivity index (χ2v) is 15.9. The molecule has 17 atom stereocenters. The summed E-state index contributed by atoms with van der Waals surface area (Å²) in [5.41, 5.74) is -1.47. The second-order valence-electron chi connectivity index (χ2n) is 15.9. The maximum Gasteiger partial charge on any atom is 0.187 e. The third-order valence-electron chi connectivity index (χ3n) is 13.5. The van der Waals surface area contributed by atoms with Crippen LogP contribution in [0.25, 0.3) is 0 Å². The Morgan fingerprint density at radius 3 is 2.27 bits per heavy atom. The molecule has 3 saturated carbocycles. The molecule has 5 aliphatic rings. The van der Waals surface area contributed by atoms with Gasteiger partial charge in [0.15, 0.2) is 6.29 Å². The fraction of sp³-hybridized carbons (Fsp3) is 0.943. The molecule has 0 spiro atoms. The summed E-state index contributed by atoms with van der Waals surface area (Å²) in [6.45, 7) is 10.8. The lowest BCUT2D eigenvalue weighted by molar-refractivity contribution is -0.289. The van der Waals surface area contributed by atoms with Crippen molar-refractivity contribution in [2.45, 2.75) is 134 Å². The first-order valence-corrected chi connectivity index (χ1v) is 17.3. The number of ether oxygens (including phenoxy) is 4. The minimum atomic E-state index is -1.34. The first kappa shape index (κ1) is 35.6. The molecule has 4 fully saturated rings. The van der Waals surface area contributed by atoms with Gasteiger partial charge in [-0.2, -0.15) is 0 Å². The van der Waals surface area contributed by atoms with Crippen LogP contribution in [-0.4, -0.2) is 113 Å². The molecule has 1 saturated heterocycles. The average Bonchev–Trinajstić information content (AvgIpc) is 3.21. The Morgan fingerprint density at radius 2 is 1.62 bits per heavy atom. The summed E-state index contributed by atoms with van der Waals surface area (Å²) < 4.78 is 23.2. The Kier molecular flexibility index (Phi) is 10.6. The standard InChI is InChI=1S/C35H60O10/c1-18(20(3)16-36)8-9-19(2)26-27(39)28(40)31-34(26,5)13-11-25-33(4)12-10-21(14-22(33)23(37)15-35(25,31)41)45-32-30(43-7)29(42-6)24(38)17-44-32/h14,18-21,23-32,36-41H,8-13,15-17H2,1-7H3/t18-,19-,20+,21+,23-,24?,25?,26+,27-,28+,29?,30?,31-,32?,33+,34-,35?/m1/s1. The Morgan fingerprint density at radius 1 is 0.933 bits per heavy atom. The lowest BCUT2D eigenvalue weighted by atomic mass is 9.43. The number of hydrogen-bond acceptors (Lipinski definition) is 10. The van der Waals surface area contributed by atoms with E-state index in [9.17, 15) is 30.6 Å². The number of hydrogen-bond donors (Lipinski definition) is 6. The molecule has 10 nitrogen and oxygen atoms in total. The Labute approximate surface area is 269 Å². The predicted molar refractivity (Wildman–Crippen MR) is 167 cm³/mol. The van der Waals surface area contributed by atoms with Crippen LogP contribution in [-0.2, 0) is 18.9 Å². The zero-order chi connectivity index (χ0) is 33.1. The van der Waals surface area contributed by atoms with Crippen molar-refractivity contribution in [2.75, 3.05) is 27.4 Å². The van der Waals surface area contributed by atoms with E-state index in [4.69, 9.17) is 18.9 Å². The van der Waals surface area contributed by atoms with Crippen LogP contribution in [0.5, 0.6) is 0 Å². The molecule has 1 heterocycles. The van der Waals surface area contributed by atoms with Gasteiger partial charge in [0.25, 0.3) is 0 Å². The second kappa shape index (κ2) is 13.3. The predicted octanol–water partition coefficient (Wildman–Crippen LogP) is 2.41. The molecule has 0 radical (unpaired) electrons. The minimum absolute atomic E-state index is 0.0660. The molecule has 0 aromatic carbocycles. The SMILES string of the molecule is COC1C(O)COC(O[C@@H]2C=C3[C@H](O)CC4(O)C(CC[C@]5(C)[C@@H]([C@H](C)CC[C@@H](C)[C@@H](C)CO)[C@@H](O)[C@H](O)[C@@H]45)[C@@]3(C)CC2)C1OC. The molecule has 0 aromatic rings. The topological polar surface area (TPSA) is 158 Å². The zero-order valence-electron chi connectivity index (χ0n) is 28.3. The van der Waals surface area contributed by atoms with Gasteiger partial charge in [-0.1, -0.05) is 53.5 Å². The van der Waals surface area contributed by atoms with Crippen molar-refractivity contribution < 1.29 is 49.6 Å². The molecule has 45 heavy (non-hydrogen) atoms. The fourth-order valence-electron chi connectivity index (χ4n) is 10.8. The highest BCUT2D eigenvalue weighted by Gasteiger charge is 2.72. The van der Waals surface area contributed by atoms with Gasteiger partial charge in [-0.25, -0.2) is 0 Å². The molecule has 0 amide bonds. The summed E-state index contributed by atoms with van der Waals surface area (Å²) in [6, 6.07) is 0. The van der Waals surface area contributed by atoms with Gasteiger partial charge in [0.2, 0.25) is 0 Å². The van der Waals surface area contributed by atoms with Gasteiger partial charge in [-0.05, 0) is 71.7 Å². The first-order chi connectivity index (χ1) is 21.2. The highest BCUT2D eigenvalue weighted by Crippen LogP contribution is 2.69. The van der Waals surface area contributed by atoms with Crippen LogP contribution in [0.1, 0.15) is 79.6 Å². The molecule has 10 heteroatoms. The van der Waals surface area contributed by atoms with E-state index < -0.39 is 65.3 Å². The van der Waals surface area contributed by atoms with Crippen molar-refractivity contribution in [3.63, 3.8) is 0 Å². The molecule has 6 N–H and O–H groups in total. The van der Waals surface area contributed by atoms with Crippen molar-refractivity contribution in [3.8, 4) is 0 Å². The van der Waals surface area contributed by atoms with Crippen molar-refractivity contribution in [2.24, 2.45) is 46.3 Å². The number of methoxy groups -OCH3 is 2. The molecular weight excluding hydrogens is 580 g/mol. The van der Waals surface area contributed by atoms with E-state index in [2.05, 4.69) is 34.6 Å². The van der Waals surface area contributed by atoms with Crippen LogP contribution >= 0.6 is 0 Å². The van der Waals surface area contributed by atoms with Gasteiger partial charge in [-0.3, -0.25) is 0 Å². The highest BCUT2D eigenvalue weighted by atomic mass is 16.7. The molecule has 4 aliphatic carbocycles. The molecule has 260 valence electrons. The van der Waals surface area contributed by atoms with Crippen LogP contribution < -0.4 is 0 Å². The first-order valence-electron chi connectivity index (χ1n) is 17.3. The normalized spacial score (nSPS) is 50.2. The molecule has 1 aliphatic heterocycles. The Bertz CT molecular complexity index is 1060. The van der Waals surface area contributed by atoms with Crippen molar-refractivity contribution in [1.82, 2.24) is 0 Å². The van der Waals surface area contributed by atoms with E-state index in [1.807, 2.05) is 6.08 Å².